The number of likely N-dealkylation sites (N-methyl/N-ethyl adjacent to an activating group) is 1. The Morgan fingerprint density at radius 3 is 2.23 bits per heavy atom. The first-order valence-electron chi connectivity index (χ1n) is 10.0. The molecular weight excluding hydrogens is 376 g/mol. The first-order chi connectivity index (χ1) is 14.6. The molecular formula is C23H26N6O. The van der Waals surface area contributed by atoms with Crippen molar-refractivity contribution in [3.63, 3.8) is 0 Å². The molecule has 30 heavy (non-hydrogen) atoms. The topological polar surface area (TPSA) is 86.5 Å². The number of hydrogen-bond acceptors (Lipinski definition) is 6. The minimum absolute atomic E-state index is 0.205. The van der Waals surface area contributed by atoms with Crippen molar-refractivity contribution in [2.45, 2.75) is 0 Å². The van der Waals surface area contributed by atoms with E-state index >= 15 is 0 Å². The number of nitrogens with one attached hydrogen (secondary N) is 2. The van der Waals surface area contributed by atoms with E-state index in [0.717, 1.165) is 43.2 Å². The lowest BCUT2D eigenvalue weighted by Gasteiger charge is -2.34. The number of nitrogens with two attached hydrogens (primary N) is 1. The van der Waals surface area contributed by atoms with Gasteiger partial charge in [-0.1, -0.05) is 18.2 Å². The minimum Gasteiger partial charge on any atom is -0.369 e. The molecule has 2 aromatic carbocycles. The van der Waals surface area contributed by atoms with Crippen LogP contribution in [0.25, 0.3) is 0 Å². The number of primary amides is 1. The lowest BCUT2D eigenvalue weighted by Crippen LogP contribution is -2.44. The largest absolute Gasteiger partial charge is 0.369 e. The third-order valence-corrected chi connectivity index (χ3v) is 5.20. The average molecular weight is 403 g/mol. The van der Waals surface area contributed by atoms with Gasteiger partial charge in [-0.3, -0.25) is 4.79 Å². The van der Waals surface area contributed by atoms with E-state index in [1.165, 1.54) is 5.69 Å². The van der Waals surface area contributed by atoms with Crippen molar-refractivity contribution in [2.24, 2.45) is 5.73 Å². The van der Waals surface area contributed by atoms with Crippen LogP contribution in [0.2, 0.25) is 0 Å². The third kappa shape index (κ3) is 4.69. The van der Waals surface area contributed by atoms with Crippen molar-refractivity contribution in [1.82, 2.24) is 9.88 Å². The maximum atomic E-state index is 11.9. The van der Waals surface area contributed by atoms with Gasteiger partial charge in [0.25, 0.3) is 5.91 Å². The molecule has 4 N–H and O–H groups in total. The molecule has 1 aromatic heterocycles. The number of hydrogen-bond donors (Lipinski definition) is 3. The summed E-state index contributed by atoms with van der Waals surface area (Å²) < 4.78 is 0. The Morgan fingerprint density at radius 2 is 1.57 bits per heavy atom. The summed E-state index contributed by atoms with van der Waals surface area (Å²) in [5.41, 5.74) is 10.1. The zero-order chi connectivity index (χ0) is 20.9. The Balaban J connectivity index is 1.52. The Labute approximate surface area is 176 Å². The highest BCUT2D eigenvalue weighted by molar-refractivity contribution is 5.98. The number of aromatic nitrogens is 1. The molecule has 0 bridgehead atoms. The van der Waals surface area contributed by atoms with Crippen LogP contribution >= 0.6 is 0 Å². The summed E-state index contributed by atoms with van der Waals surface area (Å²) in [5.74, 6) is -0.571. The summed E-state index contributed by atoms with van der Waals surface area (Å²) in [6.45, 7) is 4.17. The quantitative estimate of drug-likeness (QED) is 0.586. The van der Waals surface area contributed by atoms with Gasteiger partial charge in [-0.2, -0.15) is 0 Å². The SMILES string of the molecule is CN1CCN(c2ccc(Nc3cc(Nc4ccccc4)cnc3C(N)=O)cc2)CC1. The van der Waals surface area contributed by atoms with Gasteiger partial charge < -0.3 is 26.2 Å². The molecule has 0 aliphatic carbocycles. The van der Waals surface area contributed by atoms with E-state index < -0.39 is 5.91 Å². The lowest BCUT2D eigenvalue weighted by atomic mass is 10.2. The maximum Gasteiger partial charge on any atom is 0.269 e. The van der Waals surface area contributed by atoms with E-state index in [2.05, 4.69) is 44.6 Å². The smallest absolute Gasteiger partial charge is 0.269 e. The normalized spacial score (nSPS) is 14.4. The Hall–Kier alpha value is -3.58. The highest BCUT2D eigenvalue weighted by Crippen LogP contribution is 2.26. The van der Waals surface area contributed by atoms with Gasteiger partial charge >= 0.3 is 0 Å². The van der Waals surface area contributed by atoms with Crippen LogP contribution in [-0.2, 0) is 0 Å². The maximum absolute atomic E-state index is 11.9. The van der Waals surface area contributed by atoms with Gasteiger partial charge in [0.15, 0.2) is 5.69 Å². The highest BCUT2D eigenvalue weighted by atomic mass is 16.1. The molecule has 0 unspecified atom stereocenters. The molecule has 3 aromatic rings. The zero-order valence-corrected chi connectivity index (χ0v) is 17.0. The zero-order valence-electron chi connectivity index (χ0n) is 17.0. The van der Waals surface area contributed by atoms with Crippen LogP contribution in [0.4, 0.5) is 28.4 Å². The number of pyridine rings is 1. The minimum atomic E-state index is -0.571. The van der Waals surface area contributed by atoms with E-state index in [1.807, 2.05) is 48.5 Å². The Bertz CT molecular complexity index is 998. The van der Waals surface area contributed by atoms with Crippen LogP contribution in [0.3, 0.4) is 0 Å². The molecule has 0 spiro atoms. The second-order valence-corrected chi connectivity index (χ2v) is 7.44. The standard InChI is InChI=1S/C23H26N6O/c1-28-11-13-29(14-12-28)20-9-7-18(8-10-20)27-21-15-19(16-25-22(21)23(24)30)26-17-5-3-2-4-6-17/h2-10,15-16,26-27H,11-14H2,1H3,(H2,24,30). The summed E-state index contributed by atoms with van der Waals surface area (Å²) >= 11 is 0. The van der Waals surface area contributed by atoms with Gasteiger partial charge in [0.05, 0.1) is 17.6 Å². The average Bonchev–Trinajstić information content (AvgIpc) is 2.76. The van der Waals surface area contributed by atoms with Gasteiger partial charge in [0.2, 0.25) is 0 Å². The predicted molar refractivity (Wildman–Crippen MR) is 122 cm³/mol. The first kappa shape index (κ1) is 19.7. The number of carbonyl (C=O) groups excluding carboxylic acids is 1. The summed E-state index contributed by atoms with van der Waals surface area (Å²) in [5, 5.41) is 6.57. The van der Waals surface area contributed by atoms with Crippen LogP contribution in [0.15, 0.2) is 66.9 Å². The number of anilines is 5. The molecule has 0 atom stereocenters. The van der Waals surface area contributed by atoms with E-state index in [0.29, 0.717) is 5.69 Å². The van der Waals surface area contributed by atoms with Crippen molar-refractivity contribution in [1.29, 1.82) is 0 Å². The van der Waals surface area contributed by atoms with Gasteiger partial charge in [-0.25, -0.2) is 4.98 Å². The fraction of sp³-hybridized carbons (Fsp3) is 0.217. The highest BCUT2D eigenvalue weighted by Gasteiger charge is 2.15. The number of benzene rings is 2. The van der Waals surface area contributed by atoms with Crippen molar-refractivity contribution in [2.75, 3.05) is 48.8 Å². The molecule has 1 fully saturated rings. The molecule has 1 aliphatic rings. The first-order valence-corrected chi connectivity index (χ1v) is 10.0. The third-order valence-electron chi connectivity index (χ3n) is 5.20. The molecule has 7 nitrogen and oxygen atoms in total. The number of para-hydroxylation sites is 1. The van der Waals surface area contributed by atoms with Crippen molar-refractivity contribution >= 4 is 34.3 Å². The fourth-order valence-electron chi connectivity index (χ4n) is 3.49. The molecule has 154 valence electrons. The molecule has 1 aliphatic heterocycles. The summed E-state index contributed by atoms with van der Waals surface area (Å²) in [4.78, 5) is 20.8. The fourth-order valence-corrected chi connectivity index (χ4v) is 3.49. The lowest BCUT2D eigenvalue weighted by molar-refractivity contribution is 0.0996. The number of nitrogens with zero attached hydrogens (tertiary/aromatic N) is 3. The van der Waals surface area contributed by atoms with Crippen LogP contribution in [-0.4, -0.2) is 49.0 Å². The molecule has 7 heteroatoms. The monoisotopic (exact) mass is 402 g/mol. The summed E-state index contributed by atoms with van der Waals surface area (Å²) in [6, 6.07) is 19.8. The molecule has 1 saturated heterocycles. The van der Waals surface area contributed by atoms with Crippen molar-refractivity contribution < 1.29 is 4.79 Å². The second-order valence-electron chi connectivity index (χ2n) is 7.44. The van der Waals surface area contributed by atoms with Crippen LogP contribution in [0, 0.1) is 0 Å². The molecule has 0 saturated carbocycles. The molecule has 1 amide bonds. The Kier molecular flexibility index (Phi) is 5.81. The summed E-state index contributed by atoms with van der Waals surface area (Å²) in [6.07, 6.45) is 1.61. The van der Waals surface area contributed by atoms with E-state index in [-0.39, 0.29) is 5.69 Å². The molecule has 4 rings (SSSR count). The van der Waals surface area contributed by atoms with E-state index in [1.54, 1.807) is 6.20 Å². The molecule has 0 radical (unpaired) electrons. The number of carbonyl (C=O) groups is 1. The Morgan fingerprint density at radius 1 is 0.900 bits per heavy atom. The predicted octanol–water partition coefficient (Wildman–Crippen LogP) is 3.42. The van der Waals surface area contributed by atoms with Crippen molar-refractivity contribution in [3.8, 4) is 0 Å². The van der Waals surface area contributed by atoms with Gasteiger partial charge in [0, 0.05) is 43.2 Å². The van der Waals surface area contributed by atoms with Crippen molar-refractivity contribution in [3.05, 3.63) is 72.6 Å². The van der Waals surface area contributed by atoms with Gasteiger partial charge in [-0.05, 0) is 49.5 Å². The van der Waals surface area contributed by atoms with Gasteiger partial charge in [0.1, 0.15) is 0 Å². The van der Waals surface area contributed by atoms with Crippen LogP contribution in [0.1, 0.15) is 10.5 Å². The number of rotatable bonds is 6. The van der Waals surface area contributed by atoms with Crippen LogP contribution < -0.4 is 21.3 Å². The summed E-state index contributed by atoms with van der Waals surface area (Å²) in [7, 11) is 2.15. The number of amides is 1. The van der Waals surface area contributed by atoms with Gasteiger partial charge in [-0.15, -0.1) is 0 Å². The van der Waals surface area contributed by atoms with Crippen LogP contribution in [0.5, 0.6) is 0 Å². The molecule has 2 heterocycles. The second kappa shape index (κ2) is 8.84. The van der Waals surface area contributed by atoms with E-state index in [4.69, 9.17) is 5.73 Å². The number of piperazine rings is 1. The van der Waals surface area contributed by atoms with E-state index in [9.17, 15) is 4.79 Å².